The topological polar surface area (TPSA) is 71.1 Å². The number of rotatable bonds is 7. The highest BCUT2D eigenvalue weighted by molar-refractivity contribution is 7.94. The number of nitrogens with zero attached hydrogens (tertiary/aromatic N) is 1. The van der Waals surface area contributed by atoms with Crippen molar-refractivity contribution in [1.82, 2.24) is 10.3 Å². The van der Waals surface area contributed by atoms with Crippen LogP contribution in [0, 0.1) is 0 Å². The van der Waals surface area contributed by atoms with Crippen LogP contribution in [0.15, 0.2) is 21.7 Å². The number of thiophene rings is 1. The first-order chi connectivity index (χ1) is 9.92. The summed E-state index contributed by atoms with van der Waals surface area (Å²) in [5, 5.41) is 5.53. The van der Waals surface area contributed by atoms with Crippen LogP contribution < -0.4 is 10.0 Å². The Bertz CT molecular complexity index is 696. The summed E-state index contributed by atoms with van der Waals surface area (Å²) in [5.74, 6) is 0. The van der Waals surface area contributed by atoms with Crippen molar-refractivity contribution in [2.75, 3.05) is 11.3 Å². The Kier molecular flexibility index (Phi) is 5.61. The molecule has 9 heteroatoms. The summed E-state index contributed by atoms with van der Waals surface area (Å²) < 4.78 is 27.4. The Morgan fingerprint density at radius 3 is 2.81 bits per heavy atom. The van der Waals surface area contributed by atoms with Gasteiger partial charge in [0.15, 0.2) is 5.13 Å². The van der Waals surface area contributed by atoms with E-state index in [4.69, 9.17) is 11.6 Å². The number of nitrogens with one attached hydrogen (secondary N) is 2. The molecular weight excluding hydrogens is 350 g/mol. The lowest BCUT2D eigenvalue weighted by Gasteiger charge is -2.09. The molecule has 0 amide bonds. The molecule has 0 aliphatic rings. The maximum atomic E-state index is 12.2. The maximum Gasteiger partial charge on any atom is 0.273 e. The highest BCUT2D eigenvalue weighted by Crippen LogP contribution is 2.28. The van der Waals surface area contributed by atoms with E-state index in [0.29, 0.717) is 9.47 Å². The smallest absolute Gasteiger partial charge is 0.273 e. The van der Waals surface area contributed by atoms with Crippen LogP contribution in [-0.2, 0) is 10.0 Å². The summed E-state index contributed by atoms with van der Waals surface area (Å²) in [6.45, 7) is 4.99. The van der Waals surface area contributed by atoms with E-state index in [1.165, 1.54) is 17.4 Å². The molecule has 0 saturated carbocycles. The molecule has 0 aliphatic heterocycles. The normalized spacial score (nSPS) is 13.3. The van der Waals surface area contributed by atoms with Gasteiger partial charge in [-0.05, 0) is 32.0 Å². The van der Waals surface area contributed by atoms with Crippen LogP contribution in [0.2, 0.25) is 4.34 Å². The van der Waals surface area contributed by atoms with Gasteiger partial charge in [0.05, 0.1) is 10.0 Å². The quantitative estimate of drug-likeness (QED) is 0.784. The van der Waals surface area contributed by atoms with E-state index < -0.39 is 10.0 Å². The fourth-order valence-electron chi connectivity index (χ4n) is 1.60. The van der Waals surface area contributed by atoms with E-state index in [9.17, 15) is 8.42 Å². The number of hydrogen-bond donors (Lipinski definition) is 2. The Hall–Kier alpha value is -0.670. The molecule has 5 nitrogen and oxygen atoms in total. The molecule has 1 unspecified atom stereocenters. The van der Waals surface area contributed by atoms with Crippen LogP contribution in [0.5, 0.6) is 0 Å². The molecule has 21 heavy (non-hydrogen) atoms. The monoisotopic (exact) mass is 365 g/mol. The number of thiazole rings is 1. The number of halogens is 1. The van der Waals surface area contributed by atoms with E-state index in [1.54, 1.807) is 6.07 Å². The van der Waals surface area contributed by atoms with Gasteiger partial charge in [0.25, 0.3) is 10.0 Å². The molecule has 0 radical (unpaired) electrons. The van der Waals surface area contributed by atoms with Gasteiger partial charge in [-0.25, -0.2) is 13.4 Å². The van der Waals surface area contributed by atoms with E-state index in [-0.39, 0.29) is 10.3 Å². The summed E-state index contributed by atoms with van der Waals surface area (Å²) in [7, 11) is -3.61. The lowest BCUT2D eigenvalue weighted by atomic mass is 10.2. The third-order valence-electron chi connectivity index (χ3n) is 2.70. The van der Waals surface area contributed by atoms with Gasteiger partial charge in [0.1, 0.15) is 4.21 Å². The summed E-state index contributed by atoms with van der Waals surface area (Å²) in [5.41, 5.74) is 0.829. The average molecular weight is 366 g/mol. The molecule has 1 atom stereocenters. The van der Waals surface area contributed by atoms with Crippen LogP contribution in [0.25, 0.3) is 0 Å². The average Bonchev–Trinajstić information content (AvgIpc) is 3.05. The third kappa shape index (κ3) is 4.40. The second-order valence-corrected chi connectivity index (χ2v) is 8.90. The van der Waals surface area contributed by atoms with Crippen LogP contribution in [-0.4, -0.2) is 19.9 Å². The first-order valence-electron chi connectivity index (χ1n) is 6.39. The predicted molar refractivity (Wildman–Crippen MR) is 89.0 cm³/mol. The summed E-state index contributed by atoms with van der Waals surface area (Å²) in [6.07, 6.45) is 1.03. The second kappa shape index (κ2) is 7.06. The zero-order valence-corrected chi connectivity index (χ0v) is 14.8. The van der Waals surface area contributed by atoms with Crippen LogP contribution in [0.4, 0.5) is 5.13 Å². The lowest BCUT2D eigenvalue weighted by Crippen LogP contribution is -2.19. The van der Waals surface area contributed by atoms with Gasteiger partial charge in [-0.15, -0.1) is 22.7 Å². The van der Waals surface area contributed by atoms with Gasteiger partial charge >= 0.3 is 0 Å². The van der Waals surface area contributed by atoms with Gasteiger partial charge in [0, 0.05) is 11.4 Å². The van der Waals surface area contributed by atoms with Gasteiger partial charge in [0.2, 0.25) is 0 Å². The summed E-state index contributed by atoms with van der Waals surface area (Å²) in [6, 6.07) is 3.13. The molecule has 0 aromatic carbocycles. The van der Waals surface area contributed by atoms with Crippen LogP contribution >= 0.6 is 34.3 Å². The third-order valence-corrected chi connectivity index (χ3v) is 6.67. The summed E-state index contributed by atoms with van der Waals surface area (Å²) >= 11 is 8.06. The predicted octanol–water partition coefficient (Wildman–Crippen LogP) is 3.72. The minimum absolute atomic E-state index is 0.0932. The maximum absolute atomic E-state index is 12.2. The second-order valence-electron chi connectivity index (χ2n) is 4.42. The molecular formula is C12H16ClN3O2S3. The van der Waals surface area contributed by atoms with E-state index in [2.05, 4.69) is 21.9 Å². The van der Waals surface area contributed by atoms with Crippen molar-refractivity contribution < 1.29 is 8.42 Å². The largest absolute Gasteiger partial charge is 0.309 e. The van der Waals surface area contributed by atoms with Crippen LogP contribution in [0.3, 0.4) is 0 Å². The standard InChI is InChI=1S/C12H16ClN3O2S3/c1-3-6-14-8(2)9-7-19-12(15-9)16-21(17,18)11-5-4-10(13)20-11/h4-5,7-8,14H,3,6H2,1-2H3,(H,15,16). The van der Waals surface area contributed by atoms with Gasteiger partial charge in [-0.3, -0.25) is 4.72 Å². The SMILES string of the molecule is CCCNC(C)c1csc(NS(=O)(=O)c2ccc(Cl)s2)n1. The molecule has 2 aromatic heterocycles. The molecule has 0 saturated heterocycles. The number of hydrogen-bond acceptors (Lipinski definition) is 6. The number of anilines is 1. The molecule has 2 heterocycles. The van der Waals surface area contributed by atoms with Crippen molar-refractivity contribution in [2.24, 2.45) is 0 Å². The van der Waals surface area contributed by atoms with Gasteiger partial charge < -0.3 is 5.32 Å². The number of sulfonamides is 1. The number of aromatic nitrogens is 1. The Labute approximate surface area is 137 Å². The highest BCUT2D eigenvalue weighted by Gasteiger charge is 2.19. The van der Waals surface area contributed by atoms with Crippen molar-refractivity contribution in [3.63, 3.8) is 0 Å². The van der Waals surface area contributed by atoms with Crippen molar-refractivity contribution >= 4 is 49.4 Å². The van der Waals surface area contributed by atoms with E-state index >= 15 is 0 Å². The first-order valence-corrected chi connectivity index (χ1v) is 9.95. The fourth-order valence-corrected chi connectivity index (χ4v) is 5.14. The molecule has 116 valence electrons. The Morgan fingerprint density at radius 2 is 2.19 bits per heavy atom. The first kappa shape index (κ1) is 16.7. The van der Waals surface area contributed by atoms with Crippen molar-refractivity contribution in [3.05, 3.63) is 27.5 Å². The zero-order chi connectivity index (χ0) is 15.5. The van der Waals surface area contributed by atoms with Crippen molar-refractivity contribution in [1.29, 1.82) is 0 Å². The lowest BCUT2D eigenvalue weighted by molar-refractivity contribution is 0.561. The minimum Gasteiger partial charge on any atom is -0.309 e. The zero-order valence-electron chi connectivity index (χ0n) is 11.6. The van der Waals surface area contributed by atoms with Crippen molar-refractivity contribution in [2.45, 2.75) is 30.5 Å². The Balaban J connectivity index is 2.08. The molecule has 0 fully saturated rings. The molecule has 0 aliphatic carbocycles. The minimum atomic E-state index is -3.61. The van der Waals surface area contributed by atoms with Crippen molar-refractivity contribution in [3.8, 4) is 0 Å². The molecule has 2 rings (SSSR count). The highest BCUT2D eigenvalue weighted by atomic mass is 35.5. The molecule has 2 aromatic rings. The van der Waals surface area contributed by atoms with E-state index in [0.717, 1.165) is 30.0 Å². The van der Waals surface area contributed by atoms with Crippen LogP contribution in [0.1, 0.15) is 32.0 Å². The molecule has 2 N–H and O–H groups in total. The van der Waals surface area contributed by atoms with E-state index in [1.807, 2.05) is 12.3 Å². The fraction of sp³-hybridized carbons (Fsp3) is 0.417. The Morgan fingerprint density at radius 1 is 1.43 bits per heavy atom. The molecule has 0 bridgehead atoms. The van der Waals surface area contributed by atoms with Gasteiger partial charge in [-0.2, -0.15) is 0 Å². The van der Waals surface area contributed by atoms with Gasteiger partial charge in [-0.1, -0.05) is 18.5 Å². The summed E-state index contributed by atoms with van der Waals surface area (Å²) in [4.78, 5) is 4.32. The molecule has 0 spiro atoms.